The number of hydrogen-bond acceptors (Lipinski definition) is 3. The van der Waals surface area contributed by atoms with Crippen molar-refractivity contribution < 1.29 is 4.79 Å². The quantitative estimate of drug-likeness (QED) is 0.844. The third-order valence-corrected chi connectivity index (χ3v) is 4.73. The van der Waals surface area contributed by atoms with Crippen molar-refractivity contribution in [2.45, 2.75) is 31.7 Å². The van der Waals surface area contributed by atoms with Crippen LogP contribution in [0.1, 0.15) is 30.0 Å². The van der Waals surface area contributed by atoms with Gasteiger partial charge in [0.25, 0.3) is 0 Å². The zero-order chi connectivity index (χ0) is 16.8. The molecule has 5 nitrogen and oxygen atoms in total. The molecule has 1 aromatic heterocycles. The monoisotopic (exact) mass is 346 g/mol. The van der Waals surface area contributed by atoms with Gasteiger partial charge in [0, 0.05) is 30.2 Å². The summed E-state index contributed by atoms with van der Waals surface area (Å²) in [5.74, 6) is 0.432. The minimum absolute atomic E-state index is 0.0292. The second kappa shape index (κ2) is 8.31. The first-order valence-electron chi connectivity index (χ1n) is 8.46. The molecule has 2 N–H and O–H groups in total. The van der Waals surface area contributed by atoms with Crippen molar-refractivity contribution in [3.8, 4) is 0 Å². The van der Waals surface area contributed by atoms with Crippen molar-refractivity contribution in [3.63, 3.8) is 0 Å². The van der Waals surface area contributed by atoms with Gasteiger partial charge < -0.3 is 10.6 Å². The van der Waals surface area contributed by atoms with Gasteiger partial charge in [-0.3, -0.25) is 9.48 Å². The summed E-state index contributed by atoms with van der Waals surface area (Å²) in [6.07, 6.45) is 4.95. The first kappa shape index (κ1) is 17.0. The number of amides is 1. The molecule has 1 amide bonds. The van der Waals surface area contributed by atoms with E-state index in [4.69, 9.17) is 11.6 Å². The molecule has 1 aromatic carbocycles. The molecular weight excluding hydrogens is 324 g/mol. The van der Waals surface area contributed by atoms with Crippen molar-refractivity contribution in [2.75, 3.05) is 19.6 Å². The molecule has 24 heavy (non-hydrogen) atoms. The van der Waals surface area contributed by atoms with Gasteiger partial charge in [0.1, 0.15) is 6.54 Å². The van der Waals surface area contributed by atoms with E-state index in [-0.39, 0.29) is 12.5 Å². The second-order valence-corrected chi connectivity index (χ2v) is 6.58. The van der Waals surface area contributed by atoms with Crippen LogP contribution in [0.5, 0.6) is 0 Å². The van der Waals surface area contributed by atoms with Crippen molar-refractivity contribution in [3.05, 3.63) is 52.8 Å². The summed E-state index contributed by atoms with van der Waals surface area (Å²) in [4.78, 5) is 12.1. The highest BCUT2D eigenvalue weighted by atomic mass is 35.5. The Hall–Kier alpha value is -1.85. The number of carbonyl (C=O) groups excluding carboxylic acids is 1. The van der Waals surface area contributed by atoms with Crippen LogP contribution in [-0.4, -0.2) is 35.3 Å². The maximum Gasteiger partial charge on any atom is 0.241 e. The fraction of sp³-hybridized carbons (Fsp3) is 0.444. The third kappa shape index (κ3) is 4.58. The molecule has 1 saturated heterocycles. The fourth-order valence-corrected chi connectivity index (χ4v) is 3.26. The Morgan fingerprint density at radius 3 is 3.04 bits per heavy atom. The van der Waals surface area contributed by atoms with Crippen LogP contribution in [0.2, 0.25) is 5.02 Å². The summed E-state index contributed by atoms with van der Waals surface area (Å²) in [6.45, 7) is 2.89. The molecule has 6 heteroatoms. The van der Waals surface area contributed by atoms with Crippen molar-refractivity contribution >= 4 is 17.5 Å². The molecular formula is C18H23ClN4O. The molecule has 0 spiro atoms. The van der Waals surface area contributed by atoms with Gasteiger partial charge in [-0.25, -0.2) is 0 Å². The van der Waals surface area contributed by atoms with Crippen LogP contribution in [0.15, 0.2) is 36.5 Å². The summed E-state index contributed by atoms with van der Waals surface area (Å²) >= 11 is 6.11. The number of nitrogens with zero attached hydrogens (tertiary/aromatic N) is 2. The van der Waals surface area contributed by atoms with Crippen molar-refractivity contribution in [1.82, 2.24) is 20.4 Å². The van der Waals surface area contributed by atoms with E-state index in [1.165, 1.54) is 6.42 Å². The second-order valence-electron chi connectivity index (χ2n) is 6.17. The smallest absolute Gasteiger partial charge is 0.241 e. The predicted molar refractivity (Wildman–Crippen MR) is 95.2 cm³/mol. The lowest BCUT2D eigenvalue weighted by molar-refractivity contribution is -0.121. The number of benzene rings is 1. The van der Waals surface area contributed by atoms with Crippen molar-refractivity contribution in [1.29, 1.82) is 0 Å². The lowest BCUT2D eigenvalue weighted by atomic mass is 9.97. The summed E-state index contributed by atoms with van der Waals surface area (Å²) in [6, 6.07) is 9.72. The number of carbonyl (C=O) groups is 1. The van der Waals surface area contributed by atoms with Gasteiger partial charge >= 0.3 is 0 Å². The van der Waals surface area contributed by atoms with E-state index in [1.54, 1.807) is 4.68 Å². The molecule has 3 rings (SSSR count). The Kier molecular flexibility index (Phi) is 5.88. The van der Waals surface area contributed by atoms with E-state index in [9.17, 15) is 4.79 Å². The van der Waals surface area contributed by atoms with Crippen LogP contribution in [0, 0.1) is 0 Å². The summed E-state index contributed by atoms with van der Waals surface area (Å²) in [5, 5.41) is 11.6. The normalized spacial score (nSPS) is 17.6. The number of aromatic nitrogens is 2. The topological polar surface area (TPSA) is 59.0 Å². The average Bonchev–Trinajstić information content (AvgIpc) is 3.06. The Bertz CT molecular complexity index is 679. The van der Waals surface area contributed by atoms with Gasteiger partial charge in [-0.2, -0.15) is 5.10 Å². The highest BCUT2D eigenvalue weighted by Gasteiger charge is 2.17. The maximum absolute atomic E-state index is 12.1. The zero-order valence-electron chi connectivity index (χ0n) is 13.7. The molecule has 2 heterocycles. The van der Waals surface area contributed by atoms with Crippen LogP contribution in [-0.2, 0) is 17.8 Å². The summed E-state index contributed by atoms with van der Waals surface area (Å²) < 4.78 is 1.72. The van der Waals surface area contributed by atoms with Crippen molar-refractivity contribution in [2.24, 2.45) is 0 Å². The van der Waals surface area contributed by atoms with E-state index in [2.05, 4.69) is 15.7 Å². The molecule has 2 aromatic rings. The molecule has 1 aliphatic rings. The van der Waals surface area contributed by atoms with Crippen LogP contribution in [0.3, 0.4) is 0 Å². The Morgan fingerprint density at radius 2 is 2.25 bits per heavy atom. The fourth-order valence-electron chi connectivity index (χ4n) is 3.03. The molecule has 1 aliphatic heterocycles. The zero-order valence-corrected chi connectivity index (χ0v) is 14.4. The highest BCUT2D eigenvalue weighted by Crippen LogP contribution is 2.21. The Labute approximate surface area is 147 Å². The molecule has 128 valence electrons. The van der Waals surface area contributed by atoms with Gasteiger partial charge in [-0.15, -0.1) is 0 Å². The van der Waals surface area contributed by atoms with Gasteiger partial charge in [-0.05, 0) is 43.5 Å². The average molecular weight is 347 g/mol. The van der Waals surface area contributed by atoms with Crippen LogP contribution < -0.4 is 10.6 Å². The van der Waals surface area contributed by atoms with E-state index >= 15 is 0 Å². The first-order chi connectivity index (χ1) is 11.7. The largest absolute Gasteiger partial charge is 0.354 e. The van der Waals surface area contributed by atoms with Crippen LogP contribution in [0.25, 0.3) is 0 Å². The number of piperidine rings is 1. The minimum atomic E-state index is -0.0292. The molecule has 1 unspecified atom stereocenters. The molecule has 1 atom stereocenters. The predicted octanol–water partition coefficient (Wildman–Crippen LogP) is 2.36. The first-order valence-corrected chi connectivity index (χ1v) is 8.84. The van der Waals surface area contributed by atoms with E-state index < -0.39 is 0 Å². The Balaban J connectivity index is 1.45. The third-order valence-electron chi connectivity index (χ3n) is 4.36. The number of halogens is 1. The lowest BCUT2D eigenvalue weighted by Gasteiger charge is -2.20. The molecule has 0 radical (unpaired) electrons. The lowest BCUT2D eigenvalue weighted by Crippen LogP contribution is -2.30. The summed E-state index contributed by atoms with van der Waals surface area (Å²) in [5.41, 5.74) is 2.12. The molecule has 0 aliphatic carbocycles. The maximum atomic E-state index is 12.1. The Morgan fingerprint density at radius 1 is 1.38 bits per heavy atom. The van der Waals surface area contributed by atoms with Crippen LogP contribution >= 0.6 is 11.6 Å². The standard InChI is InChI=1S/C18H23ClN4O/c19-16-6-2-1-4-14(16)7-10-21-18(24)13-23-11-8-17(22-23)15-5-3-9-20-12-15/h1-2,4,6,8,11,15,20H,3,5,7,9-10,12-13H2,(H,21,24). The summed E-state index contributed by atoms with van der Waals surface area (Å²) in [7, 11) is 0. The number of rotatable bonds is 6. The SMILES string of the molecule is O=C(Cn1ccc(C2CCCNC2)n1)NCCc1ccccc1Cl. The van der Waals surface area contributed by atoms with Gasteiger partial charge in [-0.1, -0.05) is 29.8 Å². The van der Waals surface area contributed by atoms with Crippen LogP contribution in [0.4, 0.5) is 0 Å². The minimum Gasteiger partial charge on any atom is -0.354 e. The number of nitrogens with one attached hydrogen (secondary N) is 2. The van der Waals surface area contributed by atoms with Gasteiger partial charge in [0.2, 0.25) is 5.91 Å². The van der Waals surface area contributed by atoms with E-state index in [0.717, 1.165) is 42.2 Å². The van der Waals surface area contributed by atoms with Gasteiger partial charge in [0.05, 0.1) is 5.69 Å². The number of hydrogen-bond donors (Lipinski definition) is 2. The van der Waals surface area contributed by atoms with E-state index in [0.29, 0.717) is 12.5 Å². The van der Waals surface area contributed by atoms with E-state index in [1.807, 2.05) is 36.5 Å². The molecule has 1 fully saturated rings. The molecule has 0 saturated carbocycles. The highest BCUT2D eigenvalue weighted by molar-refractivity contribution is 6.31. The van der Waals surface area contributed by atoms with Gasteiger partial charge in [0.15, 0.2) is 0 Å². The molecule has 0 bridgehead atoms.